The number of rotatable bonds is 5. The number of ether oxygens (including phenoxy) is 2. The monoisotopic (exact) mass is 456 g/mol. The maximum absolute atomic E-state index is 12.8. The Labute approximate surface area is 186 Å². The fraction of sp³-hybridized carbons (Fsp3) is 0.273. The molecule has 2 aromatic carbocycles. The molecule has 1 aliphatic rings. The number of anilines is 2. The third-order valence-electron chi connectivity index (χ3n) is 4.73. The average molecular weight is 457 g/mol. The lowest BCUT2D eigenvalue weighted by Crippen LogP contribution is -2.22. The molecular formula is C22H24N4O5S. The van der Waals surface area contributed by atoms with Gasteiger partial charge < -0.3 is 14.8 Å². The molecule has 32 heavy (non-hydrogen) atoms. The van der Waals surface area contributed by atoms with E-state index in [0.717, 1.165) is 0 Å². The van der Waals surface area contributed by atoms with Crippen molar-refractivity contribution in [3.05, 3.63) is 60.4 Å². The van der Waals surface area contributed by atoms with Crippen LogP contribution >= 0.6 is 0 Å². The maximum atomic E-state index is 12.8. The van der Waals surface area contributed by atoms with E-state index in [1.807, 2.05) is 20.8 Å². The molecule has 0 unspecified atom stereocenters. The van der Waals surface area contributed by atoms with Crippen LogP contribution in [-0.4, -0.2) is 37.3 Å². The highest BCUT2D eigenvalue weighted by molar-refractivity contribution is 7.92. The summed E-state index contributed by atoms with van der Waals surface area (Å²) in [5.74, 6) is 0.505. The van der Waals surface area contributed by atoms with Gasteiger partial charge in [-0.1, -0.05) is 6.07 Å². The van der Waals surface area contributed by atoms with Gasteiger partial charge >= 0.3 is 0 Å². The molecule has 10 heteroatoms. The molecule has 0 saturated carbocycles. The van der Waals surface area contributed by atoms with Gasteiger partial charge in [0, 0.05) is 23.5 Å². The molecule has 1 aromatic heterocycles. The molecular weight excluding hydrogens is 432 g/mol. The Morgan fingerprint density at radius 2 is 1.78 bits per heavy atom. The molecule has 4 rings (SSSR count). The van der Waals surface area contributed by atoms with Gasteiger partial charge in [-0.2, -0.15) is 5.10 Å². The predicted octanol–water partition coefficient (Wildman–Crippen LogP) is 3.46. The van der Waals surface area contributed by atoms with Gasteiger partial charge in [-0.25, -0.2) is 8.42 Å². The van der Waals surface area contributed by atoms with Crippen LogP contribution in [0.25, 0.3) is 0 Å². The number of hydrogen-bond acceptors (Lipinski definition) is 6. The summed E-state index contributed by atoms with van der Waals surface area (Å²) >= 11 is 0. The van der Waals surface area contributed by atoms with E-state index in [1.165, 1.54) is 18.2 Å². The van der Waals surface area contributed by atoms with E-state index in [9.17, 15) is 13.2 Å². The Morgan fingerprint density at radius 3 is 2.50 bits per heavy atom. The SMILES string of the molecule is CC(C)(C)n1cc(NC(=O)c2cccc(NS(=O)(=O)c3ccc4c(c3)OCCO4)c2)cn1. The molecule has 9 nitrogen and oxygen atoms in total. The lowest BCUT2D eigenvalue weighted by molar-refractivity contribution is 0.102. The van der Waals surface area contributed by atoms with E-state index in [0.29, 0.717) is 36.0 Å². The number of fused-ring (bicyclic) bond motifs is 1. The summed E-state index contributed by atoms with van der Waals surface area (Å²) in [5, 5.41) is 7.03. The molecule has 1 aliphatic heterocycles. The molecule has 1 amide bonds. The van der Waals surface area contributed by atoms with E-state index in [4.69, 9.17) is 9.47 Å². The van der Waals surface area contributed by atoms with Crippen molar-refractivity contribution in [2.24, 2.45) is 0 Å². The van der Waals surface area contributed by atoms with Gasteiger partial charge in [0.1, 0.15) is 13.2 Å². The number of carbonyl (C=O) groups excluding carboxylic acids is 1. The molecule has 0 bridgehead atoms. The van der Waals surface area contributed by atoms with Crippen molar-refractivity contribution in [2.75, 3.05) is 23.3 Å². The predicted molar refractivity (Wildman–Crippen MR) is 120 cm³/mol. The Kier molecular flexibility index (Phi) is 5.55. The first-order valence-electron chi connectivity index (χ1n) is 10.0. The quantitative estimate of drug-likeness (QED) is 0.608. The molecule has 0 saturated heterocycles. The van der Waals surface area contributed by atoms with Gasteiger partial charge in [-0.05, 0) is 51.1 Å². The van der Waals surface area contributed by atoms with Crippen LogP contribution in [0.3, 0.4) is 0 Å². The minimum atomic E-state index is -3.89. The molecule has 0 atom stereocenters. The molecule has 2 heterocycles. The van der Waals surface area contributed by atoms with Crippen molar-refractivity contribution in [3.8, 4) is 11.5 Å². The Balaban J connectivity index is 1.50. The van der Waals surface area contributed by atoms with Crippen molar-refractivity contribution < 1.29 is 22.7 Å². The Hall–Kier alpha value is -3.53. The van der Waals surface area contributed by atoms with E-state index in [1.54, 1.807) is 41.3 Å². The zero-order valence-corrected chi connectivity index (χ0v) is 18.8. The lowest BCUT2D eigenvalue weighted by atomic mass is 10.1. The van der Waals surface area contributed by atoms with E-state index in [2.05, 4.69) is 15.1 Å². The molecule has 0 fully saturated rings. The van der Waals surface area contributed by atoms with Gasteiger partial charge in [0.25, 0.3) is 15.9 Å². The van der Waals surface area contributed by atoms with Crippen LogP contribution in [0.15, 0.2) is 59.8 Å². The number of aromatic nitrogens is 2. The largest absolute Gasteiger partial charge is 0.486 e. The van der Waals surface area contributed by atoms with Crippen molar-refractivity contribution in [1.82, 2.24) is 9.78 Å². The smallest absolute Gasteiger partial charge is 0.262 e. The fourth-order valence-electron chi connectivity index (χ4n) is 3.09. The van der Waals surface area contributed by atoms with Gasteiger partial charge in [-0.15, -0.1) is 0 Å². The van der Waals surface area contributed by atoms with Crippen LogP contribution in [-0.2, 0) is 15.6 Å². The number of nitrogens with one attached hydrogen (secondary N) is 2. The summed E-state index contributed by atoms with van der Waals surface area (Å²) in [5.41, 5.74) is 0.899. The first-order chi connectivity index (χ1) is 15.1. The summed E-state index contributed by atoms with van der Waals surface area (Å²) < 4.78 is 40.8. The number of hydrogen-bond donors (Lipinski definition) is 2. The summed E-state index contributed by atoms with van der Waals surface area (Å²) in [7, 11) is -3.89. The Morgan fingerprint density at radius 1 is 1.03 bits per heavy atom. The molecule has 168 valence electrons. The normalized spacial score (nSPS) is 13.5. The molecule has 3 aromatic rings. The van der Waals surface area contributed by atoms with Crippen LogP contribution in [0.1, 0.15) is 31.1 Å². The number of sulfonamides is 1. The lowest BCUT2D eigenvalue weighted by Gasteiger charge is -2.19. The fourth-order valence-corrected chi connectivity index (χ4v) is 4.15. The second-order valence-corrected chi connectivity index (χ2v) is 9.97. The number of nitrogens with zero attached hydrogens (tertiary/aromatic N) is 2. The van der Waals surface area contributed by atoms with Crippen molar-refractivity contribution >= 4 is 27.3 Å². The van der Waals surface area contributed by atoms with Crippen LogP contribution in [0.5, 0.6) is 11.5 Å². The van der Waals surface area contributed by atoms with Crippen LogP contribution in [0.2, 0.25) is 0 Å². The van der Waals surface area contributed by atoms with Crippen molar-refractivity contribution in [3.63, 3.8) is 0 Å². The third-order valence-corrected chi connectivity index (χ3v) is 6.11. The maximum Gasteiger partial charge on any atom is 0.262 e. The number of amides is 1. The van der Waals surface area contributed by atoms with Crippen LogP contribution < -0.4 is 19.5 Å². The standard InChI is InChI=1S/C22H24N4O5S/c1-22(2,3)26-14-17(13-23-26)24-21(27)15-5-4-6-16(11-15)25-32(28,29)18-7-8-19-20(12-18)31-10-9-30-19/h4-8,11-14,25H,9-10H2,1-3H3,(H,24,27). The van der Waals surface area contributed by atoms with E-state index >= 15 is 0 Å². The van der Waals surface area contributed by atoms with Gasteiger partial charge in [-0.3, -0.25) is 14.2 Å². The summed E-state index contributed by atoms with van der Waals surface area (Å²) in [6, 6.07) is 10.7. The van der Waals surface area contributed by atoms with Crippen LogP contribution in [0.4, 0.5) is 11.4 Å². The highest BCUT2D eigenvalue weighted by Gasteiger charge is 2.20. The zero-order chi connectivity index (χ0) is 22.9. The summed E-state index contributed by atoms with van der Waals surface area (Å²) in [6.07, 6.45) is 3.31. The van der Waals surface area contributed by atoms with Gasteiger partial charge in [0.05, 0.1) is 22.3 Å². The minimum absolute atomic E-state index is 0.0335. The Bertz CT molecular complexity index is 1260. The average Bonchev–Trinajstić information content (AvgIpc) is 3.22. The second kappa shape index (κ2) is 8.19. The molecule has 0 radical (unpaired) electrons. The van der Waals surface area contributed by atoms with E-state index in [-0.39, 0.29) is 22.0 Å². The number of benzene rings is 2. The first kappa shape index (κ1) is 21.7. The minimum Gasteiger partial charge on any atom is -0.486 e. The molecule has 0 aliphatic carbocycles. The summed E-state index contributed by atoms with van der Waals surface area (Å²) in [6.45, 7) is 6.79. The van der Waals surface area contributed by atoms with Crippen LogP contribution in [0, 0.1) is 0 Å². The van der Waals surface area contributed by atoms with Gasteiger partial charge in [0.15, 0.2) is 11.5 Å². The molecule has 2 N–H and O–H groups in total. The third kappa shape index (κ3) is 4.70. The van der Waals surface area contributed by atoms with Crippen molar-refractivity contribution in [1.29, 1.82) is 0 Å². The second-order valence-electron chi connectivity index (χ2n) is 8.29. The molecule has 0 spiro atoms. The topological polar surface area (TPSA) is 112 Å². The highest BCUT2D eigenvalue weighted by atomic mass is 32.2. The first-order valence-corrected chi connectivity index (χ1v) is 11.5. The van der Waals surface area contributed by atoms with Gasteiger partial charge in [0.2, 0.25) is 0 Å². The summed E-state index contributed by atoms with van der Waals surface area (Å²) in [4.78, 5) is 12.7. The van der Waals surface area contributed by atoms with Crippen molar-refractivity contribution in [2.45, 2.75) is 31.2 Å². The van der Waals surface area contributed by atoms with E-state index < -0.39 is 10.0 Å². The number of carbonyl (C=O) groups is 1. The zero-order valence-electron chi connectivity index (χ0n) is 18.0. The highest BCUT2D eigenvalue weighted by Crippen LogP contribution is 2.32.